The summed E-state index contributed by atoms with van der Waals surface area (Å²) >= 11 is 0. The first kappa shape index (κ1) is 17.8. The molecular formula is C17H25FNO2. The Kier molecular flexibility index (Phi) is 5.65. The van der Waals surface area contributed by atoms with Gasteiger partial charge in [0, 0.05) is 20.4 Å². The van der Waals surface area contributed by atoms with Crippen LogP contribution in [0.4, 0.5) is 4.39 Å². The molecule has 0 bridgehead atoms. The topological polar surface area (TPSA) is 29.5 Å². The van der Waals surface area contributed by atoms with Crippen molar-refractivity contribution in [2.75, 3.05) is 14.2 Å². The van der Waals surface area contributed by atoms with Crippen molar-refractivity contribution >= 4 is 5.78 Å². The van der Waals surface area contributed by atoms with Gasteiger partial charge in [-0.05, 0) is 29.5 Å². The summed E-state index contributed by atoms with van der Waals surface area (Å²) in [6.07, 6.45) is 0.834. The largest absolute Gasteiger partial charge is 0.302 e. The summed E-state index contributed by atoms with van der Waals surface area (Å²) in [4.78, 5) is 17.1. The van der Waals surface area contributed by atoms with Gasteiger partial charge >= 0.3 is 0 Å². The molecule has 0 saturated heterocycles. The van der Waals surface area contributed by atoms with E-state index in [1.54, 1.807) is 24.3 Å². The van der Waals surface area contributed by atoms with Crippen LogP contribution in [-0.2, 0) is 16.1 Å². The molecule has 1 rings (SSSR count). The van der Waals surface area contributed by atoms with Crippen LogP contribution >= 0.6 is 0 Å². The fourth-order valence-corrected chi connectivity index (χ4v) is 2.73. The molecule has 1 unspecified atom stereocenters. The van der Waals surface area contributed by atoms with Crippen molar-refractivity contribution in [2.45, 2.75) is 39.2 Å². The van der Waals surface area contributed by atoms with Crippen molar-refractivity contribution < 1.29 is 14.0 Å². The van der Waals surface area contributed by atoms with Gasteiger partial charge in [0.2, 0.25) is 0 Å². The van der Waals surface area contributed by atoms with E-state index in [1.165, 1.54) is 12.1 Å². The number of likely N-dealkylation sites (N-methyl/N-ethyl adjacent to an activating group) is 1. The highest BCUT2D eigenvalue weighted by atomic mass is 19.1. The maximum absolute atomic E-state index is 13.1. The van der Waals surface area contributed by atoms with Crippen LogP contribution in [0.2, 0.25) is 0 Å². The maximum Gasteiger partial charge on any atom is 0.135 e. The number of hydrogen-bond donors (Lipinski definition) is 0. The number of hydroxylamine groups is 2. The van der Waals surface area contributed by atoms with Crippen LogP contribution in [0, 0.1) is 18.2 Å². The Morgan fingerprint density at radius 3 is 2.19 bits per heavy atom. The highest BCUT2D eigenvalue weighted by Crippen LogP contribution is 2.41. The number of halogens is 1. The maximum atomic E-state index is 13.1. The van der Waals surface area contributed by atoms with Crippen LogP contribution in [0.1, 0.15) is 32.8 Å². The Hall–Kier alpha value is -1.26. The number of rotatable bonds is 6. The number of nitrogens with zero attached hydrogens (tertiary/aromatic N) is 1. The fraction of sp³-hybridized carbons (Fsp3) is 0.529. The Labute approximate surface area is 127 Å². The van der Waals surface area contributed by atoms with Crippen molar-refractivity contribution in [3.63, 3.8) is 0 Å². The molecule has 1 aromatic carbocycles. The van der Waals surface area contributed by atoms with Gasteiger partial charge < -0.3 is 4.84 Å². The van der Waals surface area contributed by atoms with Gasteiger partial charge in [0.05, 0.1) is 12.6 Å². The lowest BCUT2D eigenvalue weighted by Gasteiger charge is -2.49. The van der Waals surface area contributed by atoms with Crippen molar-refractivity contribution in [2.24, 2.45) is 5.41 Å². The van der Waals surface area contributed by atoms with E-state index in [-0.39, 0.29) is 23.4 Å². The minimum absolute atomic E-state index is 0.143. The van der Waals surface area contributed by atoms with Gasteiger partial charge in [-0.1, -0.05) is 32.9 Å². The van der Waals surface area contributed by atoms with Crippen molar-refractivity contribution in [1.29, 1.82) is 0 Å². The zero-order valence-corrected chi connectivity index (χ0v) is 13.6. The normalized spacial score (nSPS) is 15.0. The highest BCUT2D eigenvalue weighted by Gasteiger charge is 2.46. The second-order valence-electron chi connectivity index (χ2n) is 6.48. The zero-order valence-electron chi connectivity index (χ0n) is 13.6. The highest BCUT2D eigenvalue weighted by molar-refractivity contribution is 5.83. The average Bonchev–Trinajstić information content (AvgIpc) is 2.37. The summed E-state index contributed by atoms with van der Waals surface area (Å²) < 4.78 is 13.1. The molecule has 0 aliphatic heterocycles. The van der Waals surface area contributed by atoms with Crippen LogP contribution in [0.15, 0.2) is 24.3 Å². The van der Waals surface area contributed by atoms with Gasteiger partial charge in [0.25, 0.3) is 0 Å². The molecular weight excluding hydrogens is 269 g/mol. The summed E-state index contributed by atoms with van der Waals surface area (Å²) in [7, 11) is 3.40. The first-order chi connectivity index (χ1) is 9.62. The molecule has 0 aliphatic carbocycles. The average molecular weight is 294 g/mol. The van der Waals surface area contributed by atoms with Gasteiger partial charge in [-0.2, -0.15) is 5.06 Å². The van der Waals surface area contributed by atoms with Crippen molar-refractivity contribution in [3.8, 4) is 0 Å². The quantitative estimate of drug-likeness (QED) is 0.753. The molecule has 0 spiro atoms. The molecule has 1 atom stereocenters. The molecule has 0 aromatic heterocycles. The van der Waals surface area contributed by atoms with E-state index in [0.717, 1.165) is 5.56 Å². The Balaban J connectivity index is 3.27. The summed E-state index contributed by atoms with van der Waals surface area (Å²) in [5.74, 6) is -0.413. The molecule has 0 N–H and O–H groups in total. The number of hydrogen-bond acceptors (Lipinski definition) is 3. The van der Waals surface area contributed by atoms with Gasteiger partial charge in [-0.3, -0.25) is 4.79 Å². The van der Waals surface area contributed by atoms with Crippen LogP contribution in [0.5, 0.6) is 0 Å². The number of Topliss-reactive ketones (excluding diaryl/α,β-unsaturated/α-hetero) is 1. The Morgan fingerprint density at radius 1 is 1.29 bits per heavy atom. The first-order valence-corrected chi connectivity index (χ1v) is 6.99. The van der Waals surface area contributed by atoms with E-state index in [2.05, 4.69) is 27.7 Å². The molecule has 0 heterocycles. The Bertz CT molecular complexity index is 479. The van der Waals surface area contributed by atoms with Crippen LogP contribution in [0.3, 0.4) is 0 Å². The first-order valence-electron chi connectivity index (χ1n) is 6.99. The van der Waals surface area contributed by atoms with Crippen LogP contribution in [0.25, 0.3) is 0 Å². The summed E-state index contributed by atoms with van der Waals surface area (Å²) in [5.41, 5.74) is 0.161. The van der Waals surface area contributed by atoms with Crippen molar-refractivity contribution in [1.82, 2.24) is 5.06 Å². The predicted molar refractivity (Wildman–Crippen MR) is 82.0 cm³/mol. The molecule has 117 valence electrons. The molecule has 0 fully saturated rings. The molecule has 3 nitrogen and oxygen atoms in total. The fourth-order valence-electron chi connectivity index (χ4n) is 2.73. The minimum atomic E-state index is -0.557. The van der Waals surface area contributed by atoms with Gasteiger partial charge in [0.15, 0.2) is 0 Å². The third-order valence-corrected chi connectivity index (χ3v) is 4.17. The number of carbonyl (C=O) groups is 1. The monoisotopic (exact) mass is 294 g/mol. The van der Waals surface area contributed by atoms with E-state index in [0.29, 0.717) is 6.42 Å². The van der Waals surface area contributed by atoms with Gasteiger partial charge in [0.1, 0.15) is 11.6 Å². The van der Waals surface area contributed by atoms with Gasteiger partial charge in [-0.15, -0.1) is 0 Å². The number of ketones is 1. The van der Waals surface area contributed by atoms with E-state index in [9.17, 15) is 9.18 Å². The number of benzene rings is 1. The lowest BCUT2D eigenvalue weighted by atomic mass is 9.67. The standard InChI is InChI=1S/C17H25FNO2/c1-13(20)11-17(16(2,3)4,19(5)21-6)12-14-7-9-15(18)10-8-14/h7-10H,1,11-12H2,2-6H3. The molecule has 4 heteroatoms. The Morgan fingerprint density at radius 2 is 1.81 bits per heavy atom. The number of carbonyl (C=O) groups excluding carboxylic acids is 1. The summed E-state index contributed by atoms with van der Waals surface area (Å²) in [6, 6.07) is 6.35. The van der Waals surface area contributed by atoms with Crippen LogP contribution < -0.4 is 0 Å². The SMILES string of the molecule is [CH2]C(=O)CC(Cc1ccc(F)cc1)(N(C)OC)C(C)(C)C. The van der Waals surface area contributed by atoms with E-state index in [4.69, 9.17) is 4.84 Å². The summed E-state index contributed by atoms with van der Waals surface area (Å²) in [6.45, 7) is 9.72. The predicted octanol–water partition coefficient (Wildman–Crippen LogP) is 3.44. The van der Waals surface area contributed by atoms with E-state index in [1.807, 2.05) is 7.05 Å². The molecule has 21 heavy (non-hydrogen) atoms. The second kappa shape index (κ2) is 6.67. The van der Waals surface area contributed by atoms with E-state index >= 15 is 0 Å². The zero-order chi connectivity index (χ0) is 16.3. The molecule has 0 amide bonds. The lowest BCUT2D eigenvalue weighted by molar-refractivity contribution is -0.217. The molecule has 0 aliphatic rings. The van der Waals surface area contributed by atoms with Gasteiger partial charge in [-0.25, -0.2) is 4.39 Å². The smallest absolute Gasteiger partial charge is 0.135 e. The van der Waals surface area contributed by atoms with E-state index < -0.39 is 5.54 Å². The second-order valence-corrected chi connectivity index (χ2v) is 6.48. The van der Waals surface area contributed by atoms with Crippen LogP contribution in [-0.4, -0.2) is 30.5 Å². The third-order valence-electron chi connectivity index (χ3n) is 4.17. The lowest BCUT2D eigenvalue weighted by Crippen LogP contribution is -2.57. The molecule has 1 aromatic rings. The molecule has 1 radical (unpaired) electrons. The third kappa shape index (κ3) is 4.11. The minimum Gasteiger partial charge on any atom is -0.302 e. The van der Waals surface area contributed by atoms with Crippen molar-refractivity contribution in [3.05, 3.63) is 42.6 Å². The summed E-state index contributed by atoms with van der Waals surface area (Å²) in [5, 5.41) is 1.72. The molecule has 0 saturated carbocycles.